The minimum Gasteiger partial charge on any atom is -0.480 e. The number of carboxylic acid groups (broad SMARTS) is 1. The molecule has 4 N–H and O–H groups in total. The standard InChI is InChI=1S/C21H45N3O2/c1-3-4-5-6-7-8-9-10-11-12-13-14-15-16-23-20(2)24-18-17-22-19-21(25)26/h20,22-24H,3-19H2,1-2H3,(H,25,26). The van der Waals surface area contributed by atoms with Gasteiger partial charge in [-0.15, -0.1) is 0 Å². The normalized spacial score (nSPS) is 12.4. The highest BCUT2D eigenvalue weighted by Gasteiger charge is 2.00. The number of nitrogens with one attached hydrogen (secondary N) is 3. The van der Waals surface area contributed by atoms with E-state index in [1.54, 1.807) is 0 Å². The molecule has 0 aliphatic heterocycles. The van der Waals surface area contributed by atoms with Gasteiger partial charge in [0.1, 0.15) is 0 Å². The van der Waals surface area contributed by atoms with Crippen LogP contribution >= 0.6 is 0 Å². The van der Waals surface area contributed by atoms with Crippen molar-refractivity contribution in [3.05, 3.63) is 0 Å². The average molecular weight is 372 g/mol. The highest BCUT2D eigenvalue weighted by molar-refractivity contribution is 5.68. The Morgan fingerprint density at radius 1 is 0.731 bits per heavy atom. The van der Waals surface area contributed by atoms with E-state index in [2.05, 4.69) is 29.8 Å². The number of unbranched alkanes of at least 4 members (excludes halogenated alkanes) is 12. The summed E-state index contributed by atoms with van der Waals surface area (Å²) in [5.41, 5.74) is 0. The van der Waals surface area contributed by atoms with Gasteiger partial charge < -0.3 is 21.1 Å². The molecule has 0 aromatic heterocycles. The summed E-state index contributed by atoms with van der Waals surface area (Å²) in [6.07, 6.45) is 18.3. The predicted octanol–water partition coefficient (Wildman–Crippen LogP) is 4.28. The average Bonchev–Trinajstić information content (AvgIpc) is 2.61. The van der Waals surface area contributed by atoms with Crippen LogP contribution in [0.25, 0.3) is 0 Å². The summed E-state index contributed by atoms with van der Waals surface area (Å²) >= 11 is 0. The maximum Gasteiger partial charge on any atom is 0.317 e. The third-order valence-corrected chi connectivity index (χ3v) is 4.76. The SMILES string of the molecule is CCCCCCCCCCCCCCCNC(C)NCCNCC(=O)O. The van der Waals surface area contributed by atoms with Gasteiger partial charge >= 0.3 is 5.97 Å². The van der Waals surface area contributed by atoms with Crippen LogP contribution in [0.15, 0.2) is 0 Å². The lowest BCUT2D eigenvalue weighted by Crippen LogP contribution is -2.43. The van der Waals surface area contributed by atoms with Crippen LogP contribution in [0.2, 0.25) is 0 Å². The van der Waals surface area contributed by atoms with Crippen molar-refractivity contribution in [3.8, 4) is 0 Å². The van der Waals surface area contributed by atoms with E-state index in [9.17, 15) is 4.79 Å². The van der Waals surface area contributed by atoms with Gasteiger partial charge in [0.05, 0.1) is 12.7 Å². The quantitative estimate of drug-likeness (QED) is 0.179. The Labute approximate surface area is 162 Å². The lowest BCUT2D eigenvalue weighted by atomic mass is 10.0. The highest BCUT2D eigenvalue weighted by atomic mass is 16.4. The molecule has 0 bridgehead atoms. The number of carboxylic acids is 1. The van der Waals surface area contributed by atoms with Crippen LogP contribution in [0.5, 0.6) is 0 Å². The second kappa shape index (κ2) is 20.7. The van der Waals surface area contributed by atoms with Crippen molar-refractivity contribution in [2.45, 2.75) is 103 Å². The summed E-state index contributed by atoms with van der Waals surface area (Å²) in [5.74, 6) is -0.807. The van der Waals surface area contributed by atoms with E-state index in [0.717, 1.165) is 13.1 Å². The Morgan fingerprint density at radius 2 is 1.19 bits per heavy atom. The Hall–Kier alpha value is -0.650. The second-order valence-electron chi connectivity index (χ2n) is 7.44. The molecule has 0 aromatic rings. The van der Waals surface area contributed by atoms with E-state index < -0.39 is 5.97 Å². The van der Waals surface area contributed by atoms with E-state index in [1.165, 1.54) is 83.5 Å². The van der Waals surface area contributed by atoms with Crippen molar-refractivity contribution < 1.29 is 9.90 Å². The highest BCUT2D eigenvalue weighted by Crippen LogP contribution is 2.12. The molecular formula is C21H45N3O2. The summed E-state index contributed by atoms with van der Waals surface area (Å²) in [6, 6.07) is 0. The van der Waals surface area contributed by atoms with Gasteiger partial charge in [0.25, 0.3) is 0 Å². The zero-order valence-electron chi connectivity index (χ0n) is 17.5. The van der Waals surface area contributed by atoms with Gasteiger partial charge in [0.2, 0.25) is 0 Å². The molecule has 0 fully saturated rings. The Kier molecular flexibility index (Phi) is 20.1. The fourth-order valence-corrected chi connectivity index (χ4v) is 3.11. The molecule has 0 spiro atoms. The molecule has 0 rings (SSSR count). The molecule has 0 saturated carbocycles. The molecule has 156 valence electrons. The Bertz CT molecular complexity index is 301. The van der Waals surface area contributed by atoms with Crippen LogP contribution in [0.3, 0.4) is 0 Å². The molecule has 26 heavy (non-hydrogen) atoms. The zero-order chi connectivity index (χ0) is 19.3. The fourth-order valence-electron chi connectivity index (χ4n) is 3.11. The van der Waals surface area contributed by atoms with E-state index in [4.69, 9.17) is 5.11 Å². The van der Waals surface area contributed by atoms with E-state index in [0.29, 0.717) is 6.54 Å². The molecule has 1 atom stereocenters. The number of hydrogen-bond donors (Lipinski definition) is 4. The summed E-state index contributed by atoms with van der Waals surface area (Å²) in [5, 5.41) is 18.2. The van der Waals surface area contributed by atoms with Crippen LogP contribution in [0, 0.1) is 0 Å². The summed E-state index contributed by atoms with van der Waals surface area (Å²) in [4.78, 5) is 10.4. The van der Waals surface area contributed by atoms with Crippen LogP contribution in [0.4, 0.5) is 0 Å². The first-order valence-corrected chi connectivity index (χ1v) is 11.1. The van der Waals surface area contributed by atoms with Crippen molar-refractivity contribution >= 4 is 5.97 Å². The number of hydrogen-bond acceptors (Lipinski definition) is 4. The topological polar surface area (TPSA) is 73.4 Å². The maximum atomic E-state index is 10.4. The van der Waals surface area contributed by atoms with Crippen LogP contribution < -0.4 is 16.0 Å². The minimum atomic E-state index is -0.807. The van der Waals surface area contributed by atoms with Crippen LogP contribution in [0.1, 0.15) is 97.3 Å². The minimum absolute atomic E-state index is 0.0302. The third-order valence-electron chi connectivity index (χ3n) is 4.76. The lowest BCUT2D eigenvalue weighted by Gasteiger charge is -2.15. The summed E-state index contributed by atoms with van der Waals surface area (Å²) in [6.45, 7) is 6.92. The number of aliphatic carboxylic acids is 1. The van der Waals surface area contributed by atoms with Crippen molar-refractivity contribution in [2.75, 3.05) is 26.2 Å². The van der Waals surface area contributed by atoms with Gasteiger partial charge in [0, 0.05) is 13.1 Å². The molecule has 0 heterocycles. The van der Waals surface area contributed by atoms with Crippen molar-refractivity contribution in [3.63, 3.8) is 0 Å². The van der Waals surface area contributed by atoms with Crippen molar-refractivity contribution in [1.29, 1.82) is 0 Å². The van der Waals surface area contributed by atoms with Gasteiger partial charge in [-0.2, -0.15) is 0 Å². The second-order valence-corrected chi connectivity index (χ2v) is 7.44. The van der Waals surface area contributed by atoms with Gasteiger partial charge in [-0.05, 0) is 19.9 Å². The van der Waals surface area contributed by atoms with E-state index in [1.807, 2.05) is 0 Å². The Balaban J connectivity index is 3.13. The summed E-state index contributed by atoms with van der Waals surface area (Å²) in [7, 11) is 0. The van der Waals surface area contributed by atoms with E-state index >= 15 is 0 Å². The van der Waals surface area contributed by atoms with Crippen LogP contribution in [-0.4, -0.2) is 43.4 Å². The van der Waals surface area contributed by atoms with Gasteiger partial charge in [-0.25, -0.2) is 0 Å². The predicted molar refractivity (Wildman–Crippen MR) is 112 cm³/mol. The summed E-state index contributed by atoms with van der Waals surface area (Å²) < 4.78 is 0. The smallest absolute Gasteiger partial charge is 0.317 e. The van der Waals surface area contributed by atoms with Crippen molar-refractivity contribution in [2.24, 2.45) is 0 Å². The maximum absolute atomic E-state index is 10.4. The molecular weight excluding hydrogens is 326 g/mol. The molecule has 5 heteroatoms. The first kappa shape index (κ1) is 25.4. The van der Waals surface area contributed by atoms with Gasteiger partial charge in [-0.3, -0.25) is 4.79 Å². The monoisotopic (exact) mass is 371 g/mol. The first-order chi connectivity index (χ1) is 12.7. The molecule has 0 aliphatic rings. The number of carbonyl (C=O) groups is 1. The first-order valence-electron chi connectivity index (χ1n) is 11.1. The van der Waals surface area contributed by atoms with Gasteiger partial charge in [0.15, 0.2) is 0 Å². The number of rotatable bonds is 21. The van der Waals surface area contributed by atoms with Crippen LogP contribution in [-0.2, 0) is 4.79 Å². The molecule has 0 aromatic carbocycles. The molecule has 1 unspecified atom stereocenters. The molecule has 0 aliphatic carbocycles. The molecule has 0 saturated heterocycles. The largest absolute Gasteiger partial charge is 0.480 e. The lowest BCUT2D eigenvalue weighted by molar-refractivity contribution is -0.135. The molecule has 0 amide bonds. The van der Waals surface area contributed by atoms with Gasteiger partial charge in [-0.1, -0.05) is 84.0 Å². The third kappa shape index (κ3) is 21.4. The van der Waals surface area contributed by atoms with Crippen molar-refractivity contribution in [1.82, 2.24) is 16.0 Å². The Morgan fingerprint density at radius 3 is 1.69 bits per heavy atom. The molecule has 5 nitrogen and oxygen atoms in total. The zero-order valence-corrected chi connectivity index (χ0v) is 17.5. The fraction of sp³-hybridized carbons (Fsp3) is 0.952. The molecule has 0 radical (unpaired) electrons. The van der Waals surface area contributed by atoms with E-state index in [-0.39, 0.29) is 12.7 Å².